The van der Waals surface area contributed by atoms with Crippen LogP contribution >= 0.6 is 11.3 Å². The summed E-state index contributed by atoms with van der Waals surface area (Å²) in [7, 11) is 0. The first-order valence-electron chi connectivity index (χ1n) is 10.4. The fourth-order valence-electron chi connectivity index (χ4n) is 3.67. The summed E-state index contributed by atoms with van der Waals surface area (Å²) in [6.07, 6.45) is 4.94. The zero-order valence-electron chi connectivity index (χ0n) is 17.8. The Morgan fingerprint density at radius 2 is 1.97 bits per heavy atom. The van der Waals surface area contributed by atoms with Crippen molar-refractivity contribution < 1.29 is 13.6 Å². The second-order valence-corrected chi connectivity index (χ2v) is 8.80. The van der Waals surface area contributed by atoms with Crippen LogP contribution < -0.4 is 0 Å². The standard InChI is InChI=1S/C24H22N4O3S/c1-16(2)28-23-20(13-25-28)19(12-21(26-23)22-8-4-10-31-22)24(29)27(14-17-6-3-9-30-17)15-18-7-5-11-32-18/h3-13,16H,14-15H2,1-2H3. The highest BCUT2D eigenvalue weighted by Gasteiger charge is 2.24. The summed E-state index contributed by atoms with van der Waals surface area (Å²) in [5.41, 5.74) is 1.80. The van der Waals surface area contributed by atoms with Crippen LogP contribution in [0.4, 0.5) is 0 Å². The van der Waals surface area contributed by atoms with Crippen molar-refractivity contribution in [2.75, 3.05) is 0 Å². The predicted molar refractivity (Wildman–Crippen MR) is 122 cm³/mol. The van der Waals surface area contributed by atoms with Crippen molar-refractivity contribution in [1.29, 1.82) is 0 Å². The van der Waals surface area contributed by atoms with Crippen molar-refractivity contribution in [1.82, 2.24) is 19.7 Å². The Hall–Kier alpha value is -3.65. The molecular weight excluding hydrogens is 424 g/mol. The second-order valence-electron chi connectivity index (χ2n) is 7.77. The molecule has 7 nitrogen and oxygen atoms in total. The van der Waals surface area contributed by atoms with Crippen molar-refractivity contribution in [2.24, 2.45) is 0 Å². The molecule has 0 spiro atoms. The molecule has 0 radical (unpaired) electrons. The van der Waals surface area contributed by atoms with Crippen LogP contribution in [0.5, 0.6) is 0 Å². The van der Waals surface area contributed by atoms with E-state index in [2.05, 4.69) is 5.10 Å². The van der Waals surface area contributed by atoms with Crippen LogP contribution in [0.3, 0.4) is 0 Å². The molecule has 5 rings (SSSR count). The maximum Gasteiger partial charge on any atom is 0.255 e. The SMILES string of the molecule is CC(C)n1ncc2c(C(=O)N(Cc3ccco3)Cc3cccs3)cc(-c3ccco3)nc21. The number of nitrogens with zero attached hydrogens (tertiary/aromatic N) is 4. The molecule has 32 heavy (non-hydrogen) atoms. The zero-order valence-corrected chi connectivity index (χ0v) is 18.6. The van der Waals surface area contributed by atoms with Gasteiger partial charge in [0.2, 0.25) is 0 Å². The number of thiophene rings is 1. The lowest BCUT2D eigenvalue weighted by Gasteiger charge is -2.22. The Bertz CT molecular complexity index is 1280. The quantitative estimate of drug-likeness (QED) is 0.317. The second kappa shape index (κ2) is 8.47. The molecule has 8 heteroatoms. The largest absolute Gasteiger partial charge is 0.467 e. The molecule has 0 bridgehead atoms. The van der Waals surface area contributed by atoms with Gasteiger partial charge in [0, 0.05) is 10.9 Å². The van der Waals surface area contributed by atoms with E-state index in [9.17, 15) is 4.79 Å². The molecule has 5 heterocycles. The smallest absolute Gasteiger partial charge is 0.255 e. The minimum Gasteiger partial charge on any atom is -0.467 e. The number of carbonyl (C=O) groups excluding carboxylic acids is 1. The summed E-state index contributed by atoms with van der Waals surface area (Å²) < 4.78 is 12.9. The minimum atomic E-state index is -0.113. The molecule has 0 aliphatic rings. The average Bonchev–Trinajstić information content (AvgIpc) is 3.59. The van der Waals surface area contributed by atoms with E-state index in [1.165, 1.54) is 0 Å². The van der Waals surface area contributed by atoms with E-state index >= 15 is 0 Å². The Labute approximate surface area is 188 Å². The van der Waals surface area contributed by atoms with Crippen LogP contribution in [-0.4, -0.2) is 25.6 Å². The number of hydrogen-bond donors (Lipinski definition) is 0. The highest BCUT2D eigenvalue weighted by molar-refractivity contribution is 7.09. The molecule has 0 saturated carbocycles. The van der Waals surface area contributed by atoms with Crippen LogP contribution in [-0.2, 0) is 13.1 Å². The summed E-state index contributed by atoms with van der Waals surface area (Å²) >= 11 is 1.62. The first-order chi connectivity index (χ1) is 15.6. The number of pyridine rings is 1. The molecular formula is C24H22N4O3S. The van der Waals surface area contributed by atoms with E-state index in [-0.39, 0.29) is 11.9 Å². The molecule has 162 valence electrons. The Morgan fingerprint density at radius 1 is 1.12 bits per heavy atom. The Kier molecular flexibility index (Phi) is 5.36. The fourth-order valence-corrected chi connectivity index (χ4v) is 4.39. The minimum absolute atomic E-state index is 0.0974. The third-order valence-electron chi connectivity index (χ3n) is 5.20. The number of fused-ring (bicyclic) bond motifs is 1. The van der Waals surface area contributed by atoms with Gasteiger partial charge in [0.25, 0.3) is 5.91 Å². The van der Waals surface area contributed by atoms with Crippen LogP contribution in [0, 0.1) is 0 Å². The topological polar surface area (TPSA) is 77.3 Å². The van der Waals surface area contributed by atoms with E-state index in [0.29, 0.717) is 35.8 Å². The maximum atomic E-state index is 13.9. The number of hydrogen-bond acceptors (Lipinski definition) is 6. The fraction of sp³-hybridized carbons (Fsp3) is 0.208. The summed E-state index contributed by atoms with van der Waals surface area (Å²) in [6.45, 7) is 4.92. The maximum absolute atomic E-state index is 13.9. The van der Waals surface area contributed by atoms with Crippen LogP contribution in [0.15, 0.2) is 75.4 Å². The molecule has 0 atom stereocenters. The average molecular weight is 447 g/mol. The Morgan fingerprint density at radius 3 is 2.66 bits per heavy atom. The predicted octanol–water partition coefficient (Wildman–Crippen LogP) is 5.77. The van der Waals surface area contributed by atoms with Gasteiger partial charge in [-0.15, -0.1) is 11.3 Å². The molecule has 5 aromatic rings. The molecule has 0 aliphatic heterocycles. The number of furan rings is 2. The van der Waals surface area contributed by atoms with Crippen molar-refractivity contribution >= 4 is 28.3 Å². The zero-order chi connectivity index (χ0) is 22.1. The molecule has 0 N–H and O–H groups in total. The molecule has 1 amide bonds. The molecule has 0 fully saturated rings. The highest BCUT2D eigenvalue weighted by atomic mass is 32.1. The van der Waals surface area contributed by atoms with Crippen molar-refractivity contribution in [3.8, 4) is 11.5 Å². The van der Waals surface area contributed by atoms with Gasteiger partial charge < -0.3 is 13.7 Å². The molecule has 0 aliphatic carbocycles. The summed E-state index contributed by atoms with van der Waals surface area (Å²) in [5.74, 6) is 1.22. The van der Waals surface area contributed by atoms with Crippen LogP contribution in [0.1, 0.15) is 40.9 Å². The van der Waals surface area contributed by atoms with E-state index < -0.39 is 0 Å². The lowest BCUT2D eigenvalue weighted by Crippen LogP contribution is -2.30. The van der Waals surface area contributed by atoms with Crippen LogP contribution in [0.2, 0.25) is 0 Å². The Balaban J connectivity index is 1.62. The lowest BCUT2D eigenvalue weighted by atomic mass is 10.1. The monoisotopic (exact) mass is 446 g/mol. The van der Waals surface area contributed by atoms with Gasteiger partial charge in [0.15, 0.2) is 11.4 Å². The summed E-state index contributed by atoms with van der Waals surface area (Å²) in [4.78, 5) is 21.6. The normalized spacial score (nSPS) is 11.5. The van der Waals surface area contributed by atoms with E-state index in [1.54, 1.807) is 41.0 Å². The lowest BCUT2D eigenvalue weighted by molar-refractivity contribution is 0.0721. The van der Waals surface area contributed by atoms with Gasteiger partial charge in [-0.25, -0.2) is 9.67 Å². The highest BCUT2D eigenvalue weighted by Crippen LogP contribution is 2.28. The third kappa shape index (κ3) is 3.85. The van der Waals surface area contributed by atoms with Gasteiger partial charge in [0.1, 0.15) is 11.5 Å². The van der Waals surface area contributed by atoms with Gasteiger partial charge in [-0.1, -0.05) is 6.07 Å². The third-order valence-corrected chi connectivity index (χ3v) is 6.06. The summed E-state index contributed by atoms with van der Waals surface area (Å²) in [6, 6.07) is 13.3. The number of rotatable bonds is 7. The van der Waals surface area contributed by atoms with E-state index in [4.69, 9.17) is 13.8 Å². The molecule has 5 aromatic heterocycles. The number of amides is 1. The van der Waals surface area contributed by atoms with E-state index in [1.807, 2.05) is 60.3 Å². The van der Waals surface area contributed by atoms with Gasteiger partial charge in [-0.05, 0) is 55.6 Å². The van der Waals surface area contributed by atoms with Crippen LogP contribution in [0.25, 0.3) is 22.5 Å². The molecule has 0 saturated heterocycles. The molecule has 0 aromatic carbocycles. The first kappa shape index (κ1) is 20.3. The number of aromatic nitrogens is 3. The number of carbonyl (C=O) groups is 1. The van der Waals surface area contributed by atoms with Gasteiger partial charge >= 0.3 is 0 Å². The van der Waals surface area contributed by atoms with Crippen molar-refractivity contribution in [3.63, 3.8) is 0 Å². The molecule has 0 unspecified atom stereocenters. The van der Waals surface area contributed by atoms with Gasteiger partial charge in [0.05, 0.1) is 42.8 Å². The summed E-state index contributed by atoms with van der Waals surface area (Å²) in [5, 5.41) is 7.24. The van der Waals surface area contributed by atoms with Crippen molar-refractivity contribution in [3.05, 3.63) is 82.8 Å². The van der Waals surface area contributed by atoms with E-state index in [0.717, 1.165) is 16.0 Å². The van der Waals surface area contributed by atoms with Gasteiger partial charge in [-0.3, -0.25) is 4.79 Å². The van der Waals surface area contributed by atoms with Gasteiger partial charge in [-0.2, -0.15) is 5.10 Å². The van der Waals surface area contributed by atoms with Crippen molar-refractivity contribution in [2.45, 2.75) is 33.0 Å². The first-order valence-corrected chi connectivity index (χ1v) is 11.2.